The maximum atomic E-state index is 11.5. The van der Waals surface area contributed by atoms with Crippen molar-refractivity contribution in [2.75, 3.05) is 5.32 Å². The maximum Gasteiger partial charge on any atom is 0.356 e. The van der Waals surface area contributed by atoms with E-state index in [4.69, 9.17) is 5.26 Å². The van der Waals surface area contributed by atoms with Gasteiger partial charge in [-0.25, -0.2) is 9.78 Å². The summed E-state index contributed by atoms with van der Waals surface area (Å²) in [6.07, 6.45) is 1.63. The second-order valence-corrected chi connectivity index (χ2v) is 4.33. The number of carbonyl (C=O) groups is 1. The number of anilines is 2. The van der Waals surface area contributed by atoms with Crippen molar-refractivity contribution < 1.29 is 9.90 Å². The molecule has 0 aliphatic carbocycles. The Hall–Kier alpha value is -3.33. The second-order valence-electron chi connectivity index (χ2n) is 4.33. The molecule has 0 unspecified atom stereocenters. The van der Waals surface area contributed by atoms with E-state index >= 15 is 0 Å². The van der Waals surface area contributed by atoms with Gasteiger partial charge >= 0.3 is 5.97 Å². The van der Waals surface area contributed by atoms with Crippen LogP contribution in [-0.4, -0.2) is 20.5 Å². The minimum Gasteiger partial charge on any atom is -0.476 e. The summed E-state index contributed by atoms with van der Waals surface area (Å²) in [5.74, 6) is -0.887. The molecule has 0 spiro atoms. The summed E-state index contributed by atoms with van der Waals surface area (Å²) < 4.78 is 1.49. The Morgan fingerprint density at radius 1 is 1.24 bits per heavy atom. The van der Waals surface area contributed by atoms with Gasteiger partial charge in [0.1, 0.15) is 11.7 Å². The molecule has 1 aromatic carbocycles. The van der Waals surface area contributed by atoms with Crippen molar-refractivity contribution in [2.24, 2.45) is 0 Å². The van der Waals surface area contributed by atoms with Crippen molar-refractivity contribution in [1.82, 2.24) is 9.38 Å². The number of nitrogens with zero attached hydrogens (tertiary/aromatic N) is 3. The molecule has 0 amide bonds. The minimum absolute atomic E-state index is 0.0262. The minimum atomic E-state index is -1.09. The molecule has 6 nitrogen and oxygen atoms in total. The highest BCUT2D eigenvalue weighted by Crippen LogP contribution is 2.24. The van der Waals surface area contributed by atoms with E-state index in [1.54, 1.807) is 48.7 Å². The average molecular weight is 278 g/mol. The fraction of sp³-hybridized carbons (Fsp3) is 0. The van der Waals surface area contributed by atoms with Gasteiger partial charge in [-0.1, -0.05) is 18.2 Å². The molecule has 0 fully saturated rings. The van der Waals surface area contributed by atoms with Crippen LogP contribution in [0, 0.1) is 11.3 Å². The van der Waals surface area contributed by atoms with Crippen molar-refractivity contribution in [3.63, 3.8) is 0 Å². The van der Waals surface area contributed by atoms with Crippen LogP contribution in [0.2, 0.25) is 0 Å². The first kappa shape index (κ1) is 12.7. The largest absolute Gasteiger partial charge is 0.476 e. The third-order valence-corrected chi connectivity index (χ3v) is 3.03. The number of aromatic nitrogens is 2. The molecule has 2 heterocycles. The van der Waals surface area contributed by atoms with Crippen molar-refractivity contribution in [3.05, 3.63) is 59.9 Å². The third kappa shape index (κ3) is 2.17. The van der Waals surface area contributed by atoms with E-state index < -0.39 is 5.97 Å². The molecule has 0 bridgehead atoms. The smallest absolute Gasteiger partial charge is 0.356 e. The van der Waals surface area contributed by atoms with Crippen LogP contribution in [-0.2, 0) is 0 Å². The summed E-state index contributed by atoms with van der Waals surface area (Å²) in [4.78, 5) is 15.7. The normalized spacial score (nSPS) is 10.2. The standard InChI is InChI=1S/C15H10N4O2/c16-9-10-5-1-2-6-11(10)17-14-13(15(20)21)19-8-4-3-7-12(19)18-14/h1-8,17H,(H,20,21). The Balaban J connectivity index is 2.15. The lowest BCUT2D eigenvalue weighted by molar-refractivity contribution is 0.0690. The van der Waals surface area contributed by atoms with Crippen LogP contribution < -0.4 is 5.32 Å². The third-order valence-electron chi connectivity index (χ3n) is 3.03. The van der Waals surface area contributed by atoms with Crippen LogP contribution >= 0.6 is 0 Å². The number of hydrogen-bond acceptors (Lipinski definition) is 4. The number of benzene rings is 1. The van der Waals surface area contributed by atoms with E-state index in [0.29, 0.717) is 16.9 Å². The lowest BCUT2D eigenvalue weighted by Gasteiger charge is -2.06. The molecule has 0 atom stereocenters. The zero-order valence-corrected chi connectivity index (χ0v) is 10.8. The van der Waals surface area contributed by atoms with E-state index in [9.17, 15) is 9.90 Å². The molecule has 0 saturated carbocycles. The Bertz CT molecular complexity index is 877. The molecule has 102 valence electrons. The van der Waals surface area contributed by atoms with E-state index in [0.717, 1.165) is 0 Å². The zero-order chi connectivity index (χ0) is 14.8. The number of carboxylic acids is 1. The van der Waals surface area contributed by atoms with E-state index in [-0.39, 0.29) is 11.5 Å². The number of para-hydroxylation sites is 1. The first-order valence-electron chi connectivity index (χ1n) is 6.17. The number of aromatic carboxylic acids is 1. The highest BCUT2D eigenvalue weighted by Gasteiger charge is 2.19. The molecular formula is C15H10N4O2. The lowest BCUT2D eigenvalue weighted by atomic mass is 10.2. The Morgan fingerprint density at radius 3 is 2.76 bits per heavy atom. The lowest BCUT2D eigenvalue weighted by Crippen LogP contribution is -2.05. The van der Waals surface area contributed by atoms with Crippen LogP contribution in [0.1, 0.15) is 16.1 Å². The van der Waals surface area contributed by atoms with Gasteiger partial charge in [0, 0.05) is 6.20 Å². The van der Waals surface area contributed by atoms with Gasteiger partial charge in [0.2, 0.25) is 0 Å². The monoisotopic (exact) mass is 278 g/mol. The molecule has 0 saturated heterocycles. The average Bonchev–Trinajstić information content (AvgIpc) is 2.85. The van der Waals surface area contributed by atoms with Crippen molar-refractivity contribution >= 4 is 23.1 Å². The highest BCUT2D eigenvalue weighted by molar-refractivity contribution is 5.94. The van der Waals surface area contributed by atoms with Crippen molar-refractivity contribution in [2.45, 2.75) is 0 Å². The summed E-state index contributed by atoms with van der Waals surface area (Å²) >= 11 is 0. The van der Waals surface area contributed by atoms with Gasteiger partial charge in [-0.05, 0) is 24.3 Å². The van der Waals surface area contributed by atoms with Gasteiger partial charge < -0.3 is 10.4 Å². The predicted molar refractivity (Wildman–Crippen MR) is 76.6 cm³/mol. The molecule has 2 N–H and O–H groups in total. The fourth-order valence-corrected chi connectivity index (χ4v) is 2.10. The molecule has 21 heavy (non-hydrogen) atoms. The molecule has 0 aliphatic heterocycles. The molecule has 6 heteroatoms. The van der Waals surface area contributed by atoms with E-state index in [2.05, 4.69) is 16.4 Å². The van der Waals surface area contributed by atoms with Crippen LogP contribution in [0.15, 0.2) is 48.7 Å². The van der Waals surface area contributed by atoms with Crippen LogP contribution in [0.4, 0.5) is 11.5 Å². The van der Waals surface area contributed by atoms with Crippen molar-refractivity contribution in [1.29, 1.82) is 5.26 Å². The van der Waals surface area contributed by atoms with Gasteiger partial charge in [-0.3, -0.25) is 4.40 Å². The molecular weight excluding hydrogens is 268 g/mol. The number of pyridine rings is 1. The molecule has 3 aromatic rings. The summed E-state index contributed by atoms with van der Waals surface area (Å²) in [6.45, 7) is 0. The quantitative estimate of drug-likeness (QED) is 0.768. The number of fused-ring (bicyclic) bond motifs is 1. The Labute approximate surface area is 119 Å². The van der Waals surface area contributed by atoms with Crippen LogP contribution in [0.5, 0.6) is 0 Å². The van der Waals surface area contributed by atoms with Crippen LogP contribution in [0.3, 0.4) is 0 Å². The van der Waals surface area contributed by atoms with E-state index in [1.165, 1.54) is 4.40 Å². The fourth-order valence-electron chi connectivity index (χ4n) is 2.10. The van der Waals surface area contributed by atoms with Crippen LogP contribution in [0.25, 0.3) is 5.65 Å². The van der Waals surface area contributed by atoms with Gasteiger partial charge in [-0.15, -0.1) is 0 Å². The predicted octanol–water partition coefficient (Wildman–Crippen LogP) is 2.65. The van der Waals surface area contributed by atoms with Crippen molar-refractivity contribution in [3.8, 4) is 6.07 Å². The topological polar surface area (TPSA) is 90.4 Å². The summed E-state index contributed by atoms with van der Waals surface area (Å²) in [5, 5.41) is 21.4. The van der Waals surface area contributed by atoms with Gasteiger partial charge in [0.15, 0.2) is 11.5 Å². The number of imidazole rings is 1. The first-order valence-corrected chi connectivity index (χ1v) is 6.17. The van der Waals surface area contributed by atoms with Gasteiger partial charge in [0.25, 0.3) is 0 Å². The SMILES string of the molecule is N#Cc1ccccc1Nc1nc2ccccn2c1C(=O)O. The molecule has 2 aromatic heterocycles. The molecule has 0 aliphatic rings. The Morgan fingerprint density at radius 2 is 2.00 bits per heavy atom. The zero-order valence-electron chi connectivity index (χ0n) is 10.8. The number of nitriles is 1. The number of rotatable bonds is 3. The second kappa shape index (κ2) is 4.98. The number of nitrogens with one attached hydrogen (secondary N) is 1. The summed E-state index contributed by atoms with van der Waals surface area (Å²) in [6, 6.07) is 14.1. The highest BCUT2D eigenvalue weighted by atomic mass is 16.4. The van der Waals surface area contributed by atoms with Gasteiger partial charge in [-0.2, -0.15) is 5.26 Å². The number of hydrogen-bond donors (Lipinski definition) is 2. The maximum absolute atomic E-state index is 11.5. The molecule has 3 rings (SSSR count). The van der Waals surface area contributed by atoms with E-state index in [1.807, 2.05) is 0 Å². The summed E-state index contributed by atoms with van der Waals surface area (Å²) in [5.41, 5.74) is 1.49. The summed E-state index contributed by atoms with van der Waals surface area (Å²) in [7, 11) is 0. The van der Waals surface area contributed by atoms with Gasteiger partial charge in [0.05, 0.1) is 11.3 Å². The molecule has 0 radical (unpaired) electrons. The first-order chi connectivity index (χ1) is 10.2. The Kier molecular flexibility index (Phi) is 3.01. The number of carboxylic acid groups (broad SMARTS) is 1.